The van der Waals surface area contributed by atoms with Gasteiger partial charge in [0, 0.05) is 22.4 Å². The van der Waals surface area contributed by atoms with Gasteiger partial charge in [-0.05, 0) is 37.6 Å². The molecule has 0 atom stereocenters. The van der Waals surface area contributed by atoms with Crippen molar-refractivity contribution < 1.29 is 8.42 Å². The van der Waals surface area contributed by atoms with E-state index in [9.17, 15) is 8.42 Å². The molecule has 0 amide bonds. The van der Waals surface area contributed by atoms with Crippen molar-refractivity contribution in [3.8, 4) is 0 Å². The average Bonchev–Trinajstić information content (AvgIpc) is 2.94. The molecular formula is C14H19N3O2S2. The molecule has 0 aliphatic rings. The Morgan fingerprint density at radius 1 is 1.14 bits per heavy atom. The topological polar surface area (TPSA) is 71.1 Å². The Morgan fingerprint density at radius 2 is 1.81 bits per heavy atom. The maximum atomic E-state index is 11.5. The van der Waals surface area contributed by atoms with Crippen LogP contribution in [0.15, 0.2) is 30.5 Å². The van der Waals surface area contributed by atoms with E-state index in [1.54, 1.807) is 30.4 Å². The normalized spacial score (nSPS) is 11.3. The van der Waals surface area contributed by atoms with Gasteiger partial charge in [-0.15, -0.1) is 11.3 Å². The zero-order valence-corrected chi connectivity index (χ0v) is 13.7. The third kappa shape index (κ3) is 4.71. The minimum absolute atomic E-state index is 0.0676. The number of aromatic nitrogens is 1. The molecule has 0 aliphatic heterocycles. The summed E-state index contributed by atoms with van der Waals surface area (Å²) in [6.45, 7) is 4.42. The van der Waals surface area contributed by atoms with E-state index in [0.717, 1.165) is 23.7 Å². The van der Waals surface area contributed by atoms with Gasteiger partial charge in [0.15, 0.2) is 0 Å². The van der Waals surface area contributed by atoms with Crippen LogP contribution in [0.25, 0.3) is 0 Å². The van der Waals surface area contributed by atoms with Crippen LogP contribution in [0.1, 0.15) is 23.7 Å². The summed E-state index contributed by atoms with van der Waals surface area (Å²) in [6.07, 6.45) is 2.84. The second-order valence-corrected chi connectivity index (χ2v) is 7.72. The molecule has 7 heteroatoms. The summed E-state index contributed by atoms with van der Waals surface area (Å²) in [6, 6.07) is 7.21. The molecule has 0 aliphatic carbocycles. The van der Waals surface area contributed by atoms with Crippen LogP contribution in [-0.4, -0.2) is 19.2 Å². The fraction of sp³-hybridized carbons (Fsp3) is 0.357. The molecular weight excluding hydrogens is 306 g/mol. The van der Waals surface area contributed by atoms with Gasteiger partial charge in [-0.3, -0.25) is 4.72 Å². The second-order valence-electron chi connectivity index (χ2n) is 4.51. The quantitative estimate of drug-likeness (QED) is 0.820. The van der Waals surface area contributed by atoms with Gasteiger partial charge in [0.1, 0.15) is 0 Å². The molecule has 2 aromatic rings. The van der Waals surface area contributed by atoms with E-state index in [1.165, 1.54) is 4.88 Å². The van der Waals surface area contributed by atoms with Crippen LogP contribution in [0.4, 0.5) is 11.4 Å². The van der Waals surface area contributed by atoms with E-state index >= 15 is 0 Å². The molecule has 0 saturated carbocycles. The molecule has 0 saturated heterocycles. The van der Waals surface area contributed by atoms with Crippen LogP contribution in [0, 0.1) is 0 Å². The average molecular weight is 325 g/mol. The first kappa shape index (κ1) is 15.8. The predicted molar refractivity (Wildman–Crippen MR) is 88.3 cm³/mol. The number of anilines is 2. The van der Waals surface area contributed by atoms with Gasteiger partial charge in [0.25, 0.3) is 0 Å². The number of hydrogen-bond acceptors (Lipinski definition) is 5. The van der Waals surface area contributed by atoms with Crippen LogP contribution in [0.2, 0.25) is 0 Å². The molecule has 0 fully saturated rings. The van der Waals surface area contributed by atoms with Crippen LogP contribution in [-0.2, 0) is 23.0 Å². The van der Waals surface area contributed by atoms with Gasteiger partial charge in [-0.1, -0.05) is 6.92 Å². The highest BCUT2D eigenvalue weighted by Crippen LogP contribution is 2.18. The summed E-state index contributed by atoms with van der Waals surface area (Å²) in [7, 11) is -3.22. The van der Waals surface area contributed by atoms with Crippen molar-refractivity contribution in [2.24, 2.45) is 0 Å². The summed E-state index contributed by atoms with van der Waals surface area (Å²) in [5.74, 6) is 0.0676. The molecule has 2 N–H and O–H groups in total. The number of sulfonamides is 1. The van der Waals surface area contributed by atoms with Gasteiger partial charge in [-0.2, -0.15) is 0 Å². The lowest BCUT2D eigenvalue weighted by Gasteiger charge is -2.08. The lowest BCUT2D eigenvalue weighted by atomic mass is 10.3. The van der Waals surface area contributed by atoms with Crippen molar-refractivity contribution in [1.82, 2.24) is 4.98 Å². The monoisotopic (exact) mass is 325 g/mol. The fourth-order valence-corrected chi connectivity index (χ4v) is 3.13. The van der Waals surface area contributed by atoms with Gasteiger partial charge in [0.2, 0.25) is 10.0 Å². The van der Waals surface area contributed by atoms with Crippen molar-refractivity contribution in [2.45, 2.75) is 26.8 Å². The highest BCUT2D eigenvalue weighted by atomic mass is 32.2. The molecule has 0 spiro atoms. The maximum absolute atomic E-state index is 11.5. The van der Waals surface area contributed by atoms with Crippen molar-refractivity contribution >= 4 is 32.7 Å². The number of hydrogen-bond donors (Lipinski definition) is 2. The predicted octanol–water partition coefficient (Wildman–Crippen LogP) is 3.08. The number of aryl methyl sites for hydroxylation is 1. The van der Waals surface area contributed by atoms with E-state index < -0.39 is 10.0 Å². The SMILES string of the molecule is CCc1ncc(CNc2ccc(NS(=O)(=O)CC)cc2)s1. The minimum atomic E-state index is -3.22. The molecule has 0 radical (unpaired) electrons. The Bertz CT molecular complexity index is 678. The Hall–Kier alpha value is -1.60. The lowest BCUT2D eigenvalue weighted by molar-refractivity contribution is 0.602. The third-order valence-electron chi connectivity index (χ3n) is 2.91. The summed E-state index contributed by atoms with van der Waals surface area (Å²) >= 11 is 1.70. The van der Waals surface area contributed by atoms with Gasteiger partial charge < -0.3 is 5.32 Å². The Labute approximate surface area is 129 Å². The molecule has 21 heavy (non-hydrogen) atoms. The Balaban J connectivity index is 1.93. The summed E-state index contributed by atoms with van der Waals surface area (Å²) in [4.78, 5) is 5.50. The molecule has 0 unspecified atom stereocenters. The van der Waals surface area contributed by atoms with Crippen molar-refractivity contribution in [3.05, 3.63) is 40.3 Å². The van der Waals surface area contributed by atoms with Gasteiger partial charge in [0.05, 0.1) is 17.3 Å². The fourth-order valence-electron chi connectivity index (χ4n) is 1.69. The first-order chi connectivity index (χ1) is 10.0. The second kappa shape index (κ2) is 6.91. The number of nitrogens with zero attached hydrogens (tertiary/aromatic N) is 1. The van der Waals surface area contributed by atoms with E-state index in [1.807, 2.05) is 18.3 Å². The lowest BCUT2D eigenvalue weighted by Crippen LogP contribution is -2.14. The van der Waals surface area contributed by atoms with Crippen LogP contribution in [0.5, 0.6) is 0 Å². The highest BCUT2D eigenvalue weighted by Gasteiger charge is 2.06. The Morgan fingerprint density at radius 3 is 2.38 bits per heavy atom. The number of benzene rings is 1. The molecule has 1 aromatic heterocycles. The highest BCUT2D eigenvalue weighted by molar-refractivity contribution is 7.92. The first-order valence-corrected chi connectivity index (χ1v) is 9.27. The molecule has 1 aromatic carbocycles. The van der Waals surface area contributed by atoms with Crippen LogP contribution < -0.4 is 10.0 Å². The number of nitrogens with one attached hydrogen (secondary N) is 2. The Kier molecular flexibility index (Phi) is 5.19. The number of rotatable bonds is 7. The van der Waals surface area contributed by atoms with E-state index in [4.69, 9.17) is 0 Å². The summed E-state index contributed by atoms with van der Waals surface area (Å²) in [5.41, 5.74) is 1.52. The standard InChI is InChI=1S/C14H19N3O2S2/c1-3-14-16-10-13(20-14)9-15-11-5-7-12(8-6-11)17-21(18,19)4-2/h5-8,10,15,17H,3-4,9H2,1-2H3. The van der Waals surface area contributed by atoms with Gasteiger partial charge >= 0.3 is 0 Å². The molecule has 114 valence electrons. The molecule has 1 heterocycles. The molecule has 2 rings (SSSR count). The zero-order valence-electron chi connectivity index (χ0n) is 12.1. The van der Waals surface area contributed by atoms with Crippen LogP contribution >= 0.6 is 11.3 Å². The smallest absolute Gasteiger partial charge is 0.232 e. The van der Waals surface area contributed by atoms with E-state index in [0.29, 0.717) is 5.69 Å². The van der Waals surface area contributed by atoms with E-state index in [-0.39, 0.29) is 5.75 Å². The van der Waals surface area contributed by atoms with Crippen molar-refractivity contribution in [3.63, 3.8) is 0 Å². The third-order valence-corrected chi connectivity index (χ3v) is 5.36. The summed E-state index contributed by atoms with van der Waals surface area (Å²) < 4.78 is 25.4. The van der Waals surface area contributed by atoms with Crippen molar-refractivity contribution in [2.75, 3.05) is 15.8 Å². The minimum Gasteiger partial charge on any atom is -0.380 e. The van der Waals surface area contributed by atoms with Gasteiger partial charge in [-0.25, -0.2) is 13.4 Å². The maximum Gasteiger partial charge on any atom is 0.232 e. The zero-order chi connectivity index (χ0) is 15.3. The largest absolute Gasteiger partial charge is 0.380 e. The van der Waals surface area contributed by atoms with Crippen molar-refractivity contribution in [1.29, 1.82) is 0 Å². The molecule has 0 bridgehead atoms. The van der Waals surface area contributed by atoms with Crippen LogP contribution in [0.3, 0.4) is 0 Å². The summed E-state index contributed by atoms with van der Waals surface area (Å²) in [5, 5.41) is 4.43. The van der Waals surface area contributed by atoms with E-state index in [2.05, 4.69) is 21.9 Å². The first-order valence-electron chi connectivity index (χ1n) is 6.80. The molecule has 5 nitrogen and oxygen atoms in total. The number of thiazole rings is 1.